The number of imide groups is 1. The first-order valence-electron chi connectivity index (χ1n) is 9.36. The lowest BCUT2D eigenvalue weighted by Gasteiger charge is -2.15. The number of aryl methyl sites for hydroxylation is 1. The molecule has 4 aromatic rings. The molecule has 2 amide bonds. The van der Waals surface area contributed by atoms with Gasteiger partial charge < -0.3 is 0 Å². The van der Waals surface area contributed by atoms with Crippen molar-refractivity contribution in [2.75, 3.05) is 4.90 Å². The number of thioether (sulfide) groups is 1. The zero-order chi connectivity index (χ0) is 20.7. The lowest BCUT2D eigenvalue weighted by Crippen LogP contribution is -2.31. The maximum absolute atomic E-state index is 12.8. The van der Waals surface area contributed by atoms with Crippen molar-refractivity contribution in [2.24, 2.45) is 0 Å². The van der Waals surface area contributed by atoms with E-state index < -0.39 is 5.25 Å². The first-order valence-corrected chi connectivity index (χ1v) is 11.1. The van der Waals surface area contributed by atoms with Crippen LogP contribution in [0.1, 0.15) is 12.0 Å². The van der Waals surface area contributed by atoms with Crippen LogP contribution in [-0.2, 0) is 9.59 Å². The van der Waals surface area contributed by atoms with Crippen LogP contribution in [0.5, 0.6) is 0 Å². The Morgan fingerprint density at radius 2 is 1.83 bits per heavy atom. The molecule has 0 bridgehead atoms. The second-order valence-electron chi connectivity index (χ2n) is 6.95. The van der Waals surface area contributed by atoms with Crippen LogP contribution in [0.4, 0.5) is 5.69 Å². The minimum absolute atomic E-state index is 0.140. The second kappa shape index (κ2) is 7.62. The molecule has 2 aromatic carbocycles. The number of hydrogen-bond donors (Lipinski definition) is 0. The first kappa shape index (κ1) is 18.9. The van der Waals surface area contributed by atoms with E-state index in [1.807, 2.05) is 18.2 Å². The molecule has 1 aliphatic heterocycles. The lowest BCUT2D eigenvalue weighted by atomic mass is 10.2. The lowest BCUT2D eigenvalue weighted by molar-refractivity contribution is -0.121. The van der Waals surface area contributed by atoms with Crippen molar-refractivity contribution in [3.63, 3.8) is 0 Å². The van der Waals surface area contributed by atoms with E-state index in [9.17, 15) is 9.59 Å². The number of anilines is 1. The molecule has 1 fully saturated rings. The molecule has 1 atom stereocenters. The van der Waals surface area contributed by atoms with Gasteiger partial charge in [0.1, 0.15) is 10.3 Å². The highest BCUT2D eigenvalue weighted by Crippen LogP contribution is 2.35. The van der Waals surface area contributed by atoms with Crippen LogP contribution in [0, 0.1) is 6.92 Å². The molecule has 6 nitrogen and oxygen atoms in total. The number of aromatic nitrogens is 3. The van der Waals surface area contributed by atoms with Crippen LogP contribution in [-0.4, -0.2) is 32.0 Å². The molecule has 0 aliphatic carbocycles. The number of nitrogens with zero attached hydrogens (tertiary/aromatic N) is 4. The van der Waals surface area contributed by atoms with Gasteiger partial charge in [0.15, 0.2) is 5.16 Å². The summed E-state index contributed by atoms with van der Waals surface area (Å²) in [5.74, 6) is -0.447. The number of fused-ring (bicyclic) bond motifs is 1. The van der Waals surface area contributed by atoms with Crippen molar-refractivity contribution in [1.29, 1.82) is 0 Å². The fraction of sp³-hybridized carbons (Fsp3) is 0.136. The Balaban J connectivity index is 1.38. The molecule has 0 saturated carbocycles. The molecular formula is C22H16N4O2S2. The summed E-state index contributed by atoms with van der Waals surface area (Å²) in [6.45, 7) is 2.06. The van der Waals surface area contributed by atoms with Crippen molar-refractivity contribution in [1.82, 2.24) is 15.0 Å². The predicted octanol–water partition coefficient (Wildman–Crippen LogP) is 4.49. The molecule has 3 heterocycles. The average Bonchev–Trinajstić information content (AvgIpc) is 3.29. The van der Waals surface area contributed by atoms with Crippen LogP contribution in [0.15, 0.2) is 66.1 Å². The van der Waals surface area contributed by atoms with Crippen LogP contribution in [0.3, 0.4) is 0 Å². The van der Waals surface area contributed by atoms with Gasteiger partial charge in [0, 0.05) is 24.4 Å². The second-order valence-corrected chi connectivity index (χ2v) is 9.15. The SMILES string of the molecule is Cc1ccc2nc(-c3ccc(N4C(=O)CC(Sc5ncccn5)C4=O)cc3)sc2c1. The van der Waals surface area contributed by atoms with E-state index in [1.165, 1.54) is 22.2 Å². The summed E-state index contributed by atoms with van der Waals surface area (Å²) in [4.78, 5) is 39.6. The summed E-state index contributed by atoms with van der Waals surface area (Å²) in [5, 5.41) is 0.898. The molecule has 1 aliphatic rings. The molecule has 1 unspecified atom stereocenters. The standard InChI is InChI=1S/C22H16N4O2S2/c1-13-3-8-16-17(11-13)29-20(25-16)14-4-6-15(7-5-14)26-19(27)12-18(21(26)28)30-22-23-9-2-10-24-22/h2-11,18H,12H2,1H3. The smallest absolute Gasteiger partial charge is 0.247 e. The van der Waals surface area contributed by atoms with Gasteiger partial charge in [-0.25, -0.2) is 19.9 Å². The number of amides is 2. The van der Waals surface area contributed by atoms with Crippen LogP contribution in [0.25, 0.3) is 20.8 Å². The minimum Gasteiger partial charge on any atom is -0.274 e. The van der Waals surface area contributed by atoms with Gasteiger partial charge in [0.2, 0.25) is 11.8 Å². The number of thiazole rings is 1. The highest BCUT2D eigenvalue weighted by atomic mass is 32.2. The van der Waals surface area contributed by atoms with E-state index >= 15 is 0 Å². The quantitative estimate of drug-likeness (QED) is 0.349. The largest absolute Gasteiger partial charge is 0.274 e. The third-order valence-electron chi connectivity index (χ3n) is 4.81. The molecule has 0 spiro atoms. The van der Waals surface area contributed by atoms with E-state index in [-0.39, 0.29) is 18.2 Å². The van der Waals surface area contributed by atoms with E-state index in [2.05, 4.69) is 29.0 Å². The monoisotopic (exact) mass is 432 g/mol. The van der Waals surface area contributed by atoms with Gasteiger partial charge in [-0.3, -0.25) is 9.59 Å². The van der Waals surface area contributed by atoms with Gasteiger partial charge in [-0.05, 0) is 55.0 Å². The fourth-order valence-corrected chi connectivity index (χ4v) is 5.35. The van der Waals surface area contributed by atoms with Gasteiger partial charge in [-0.1, -0.05) is 17.8 Å². The Kier molecular flexibility index (Phi) is 4.80. The topological polar surface area (TPSA) is 76.1 Å². The molecule has 0 N–H and O–H groups in total. The zero-order valence-electron chi connectivity index (χ0n) is 16.0. The summed E-state index contributed by atoms with van der Waals surface area (Å²) in [5.41, 5.74) is 3.70. The zero-order valence-corrected chi connectivity index (χ0v) is 17.6. The van der Waals surface area contributed by atoms with Gasteiger partial charge in [0.05, 0.1) is 15.9 Å². The Morgan fingerprint density at radius 1 is 1.07 bits per heavy atom. The Bertz CT molecular complexity index is 1260. The number of carbonyl (C=O) groups is 2. The number of benzene rings is 2. The Morgan fingerprint density at radius 3 is 2.60 bits per heavy atom. The summed E-state index contributed by atoms with van der Waals surface area (Å²) in [6.07, 6.45) is 3.38. The first-order chi connectivity index (χ1) is 14.6. The van der Waals surface area contributed by atoms with Crippen molar-refractivity contribution in [2.45, 2.75) is 23.8 Å². The summed E-state index contributed by atoms with van der Waals surface area (Å²) >= 11 is 2.85. The molecule has 1 saturated heterocycles. The van der Waals surface area contributed by atoms with Crippen molar-refractivity contribution in [3.8, 4) is 10.6 Å². The molecule has 2 aromatic heterocycles. The van der Waals surface area contributed by atoms with Crippen molar-refractivity contribution < 1.29 is 9.59 Å². The third kappa shape index (κ3) is 3.48. The molecule has 30 heavy (non-hydrogen) atoms. The number of carbonyl (C=O) groups excluding carboxylic acids is 2. The van der Waals surface area contributed by atoms with Crippen LogP contribution in [0.2, 0.25) is 0 Å². The molecule has 8 heteroatoms. The third-order valence-corrected chi connectivity index (χ3v) is 6.95. The van der Waals surface area contributed by atoms with E-state index in [1.54, 1.807) is 41.9 Å². The van der Waals surface area contributed by atoms with E-state index in [0.717, 1.165) is 20.8 Å². The molecule has 148 valence electrons. The van der Waals surface area contributed by atoms with Crippen molar-refractivity contribution >= 4 is 50.8 Å². The summed E-state index contributed by atoms with van der Waals surface area (Å²) in [6, 6.07) is 15.3. The van der Waals surface area contributed by atoms with E-state index in [4.69, 9.17) is 4.98 Å². The van der Waals surface area contributed by atoms with Gasteiger partial charge in [0.25, 0.3) is 0 Å². The van der Waals surface area contributed by atoms with Crippen molar-refractivity contribution in [3.05, 3.63) is 66.5 Å². The highest BCUT2D eigenvalue weighted by molar-refractivity contribution is 8.00. The minimum atomic E-state index is -0.507. The van der Waals surface area contributed by atoms with Crippen LogP contribution < -0.4 is 4.90 Å². The Hall–Kier alpha value is -3.10. The van der Waals surface area contributed by atoms with Crippen LogP contribution >= 0.6 is 23.1 Å². The average molecular weight is 433 g/mol. The Labute approximate surface area is 181 Å². The van der Waals surface area contributed by atoms with E-state index in [0.29, 0.717) is 10.8 Å². The molecular weight excluding hydrogens is 416 g/mol. The molecule has 0 radical (unpaired) electrons. The normalized spacial score (nSPS) is 16.6. The predicted molar refractivity (Wildman–Crippen MR) is 119 cm³/mol. The van der Waals surface area contributed by atoms with Gasteiger partial charge in [-0.2, -0.15) is 0 Å². The number of hydrogen-bond acceptors (Lipinski definition) is 7. The maximum Gasteiger partial charge on any atom is 0.247 e. The fourth-order valence-electron chi connectivity index (χ4n) is 3.35. The number of rotatable bonds is 4. The molecule has 5 rings (SSSR count). The van der Waals surface area contributed by atoms with Gasteiger partial charge in [-0.15, -0.1) is 11.3 Å². The maximum atomic E-state index is 12.8. The van der Waals surface area contributed by atoms with Gasteiger partial charge >= 0.3 is 0 Å². The highest BCUT2D eigenvalue weighted by Gasteiger charge is 2.40. The summed E-state index contributed by atoms with van der Waals surface area (Å²) < 4.78 is 1.14. The summed E-state index contributed by atoms with van der Waals surface area (Å²) in [7, 11) is 0.